The van der Waals surface area contributed by atoms with E-state index in [4.69, 9.17) is 5.11 Å². The highest BCUT2D eigenvalue weighted by atomic mass is 16.4. The van der Waals surface area contributed by atoms with Crippen LogP contribution in [0.1, 0.15) is 37.2 Å². The van der Waals surface area contributed by atoms with Crippen LogP contribution in [-0.2, 0) is 9.59 Å². The lowest BCUT2D eigenvalue weighted by atomic mass is 9.75. The van der Waals surface area contributed by atoms with Crippen molar-refractivity contribution in [2.75, 3.05) is 0 Å². The van der Waals surface area contributed by atoms with Crippen LogP contribution < -0.4 is 5.32 Å². The van der Waals surface area contributed by atoms with Crippen LogP contribution in [0.2, 0.25) is 0 Å². The summed E-state index contributed by atoms with van der Waals surface area (Å²) in [5.41, 5.74) is 0.185. The van der Waals surface area contributed by atoms with Crippen molar-refractivity contribution < 1.29 is 14.7 Å². The number of amides is 1. The van der Waals surface area contributed by atoms with Crippen molar-refractivity contribution in [1.82, 2.24) is 5.32 Å². The number of carbonyl (C=O) groups is 2. The van der Waals surface area contributed by atoms with Gasteiger partial charge in [0, 0.05) is 6.04 Å². The molecule has 0 spiro atoms. The number of hydrogen-bond donors (Lipinski definition) is 2. The largest absolute Gasteiger partial charge is 0.480 e. The van der Waals surface area contributed by atoms with Crippen LogP contribution in [0, 0.1) is 5.41 Å². The van der Waals surface area contributed by atoms with Crippen molar-refractivity contribution in [3.8, 4) is 0 Å². The Kier molecular flexibility index (Phi) is 2.81. The molecule has 0 radical (unpaired) electrons. The Balaban J connectivity index is 1.52. The molecule has 2 N–H and O–H groups in total. The van der Waals surface area contributed by atoms with Crippen LogP contribution in [0.3, 0.4) is 0 Å². The zero-order chi connectivity index (χ0) is 13.5. The fraction of sp³-hybridized carbons (Fsp3) is 0.467. The average Bonchev–Trinajstić information content (AvgIpc) is 3.15. The molecule has 2 aliphatic rings. The number of benzene rings is 1. The first kappa shape index (κ1) is 12.2. The molecule has 0 unspecified atom stereocenters. The molecule has 0 atom stereocenters. The van der Waals surface area contributed by atoms with E-state index < -0.39 is 11.4 Å². The van der Waals surface area contributed by atoms with Crippen LogP contribution >= 0.6 is 0 Å². The van der Waals surface area contributed by atoms with E-state index >= 15 is 0 Å². The number of nitrogens with one attached hydrogen (secondary N) is 1. The molecule has 0 aliphatic heterocycles. The molecule has 1 amide bonds. The highest BCUT2D eigenvalue weighted by Crippen LogP contribution is 2.47. The van der Waals surface area contributed by atoms with E-state index in [0.717, 1.165) is 12.8 Å². The predicted molar refractivity (Wildman–Crippen MR) is 69.7 cm³/mol. The Bertz CT molecular complexity index is 501. The van der Waals surface area contributed by atoms with Crippen molar-refractivity contribution in [1.29, 1.82) is 0 Å². The molecule has 0 saturated heterocycles. The summed E-state index contributed by atoms with van der Waals surface area (Å²) in [6, 6.07) is 10.4. The molecule has 0 bridgehead atoms. The number of carboxylic acid groups (broad SMARTS) is 1. The quantitative estimate of drug-likeness (QED) is 0.812. The highest BCUT2D eigenvalue weighted by Gasteiger charge is 2.57. The molecule has 2 fully saturated rings. The van der Waals surface area contributed by atoms with Crippen LogP contribution in [0.25, 0.3) is 0 Å². The molecule has 19 heavy (non-hydrogen) atoms. The summed E-state index contributed by atoms with van der Waals surface area (Å²) >= 11 is 0. The number of aliphatic carboxylic acids is 1. The van der Waals surface area contributed by atoms with Gasteiger partial charge in [-0.25, -0.2) is 0 Å². The Labute approximate surface area is 111 Å². The van der Waals surface area contributed by atoms with E-state index in [0.29, 0.717) is 18.8 Å². The summed E-state index contributed by atoms with van der Waals surface area (Å²) in [5.74, 6) is -0.785. The van der Waals surface area contributed by atoms with E-state index in [9.17, 15) is 9.59 Å². The van der Waals surface area contributed by atoms with Gasteiger partial charge in [0.2, 0.25) is 5.91 Å². The van der Waals surface area contributed by atoms with Gasteiger partial charge < -0.3 is 10.4 Å². The van der Waals surface area contributed by atoms with Gasteiger partial charge in [0.25, 0.3) is 0 Å². The van der Waals surface area contributed by atoms with Crippen molar-refractivity contribution in [3.63, 3.8) is 0 Å². The molecule has 3 rings (SSSR count). The summed E-state index contributed by atoms with van der Waals surface area (Å²) in [6.45, 7) is 0. The maximum atomic E-state index is 11.9. The fourth-order valence-electron chi connectivity index (χ4n) is 2.72. The Morgan fingerprint density at radius 3 is 2.32 bits per heavy atom. The minimum Gasteiger partial charge on any atom is -0.480 e. The van der Waals surface area contributed by atoms with Crippen LogP contribution in [0.15, 0.2) is 30.3 Å². The molecule has 100 valence electrons. The normalized spacial score (nSPS) is 27.2. The first-order valence-electron chi connectivity index (χ1n) is 6.71. The third-order valence-corrected chi connectivity index (χ3v) is 4.34. The molecule has 2 saturated carbocycles. The predicted octanol–water partition coefficient (Wildman–Crippen LogP) is 1.91. The van der Waals surface area contributed by atoms with Crippen molar-refractivity contribution in [3.05, 3.63) is 35.9 Å². The van der Waals surface area contributed by atoms with Crippen molar-refractivity contribution in [2.24, 2.45) is 5.41 Å². The fourth-order valence-corrected chi connectivity index (χ4v) is 2.72. The van der Waals surface area contributed by atoms with E-state index in [1.165, 1.54) is 5.56 Å². The summed E-state index contributed by atoms with van der Waals surface area (Å²) < 4.78 is 0. The first-order valence-corrected chi connectivity index (χ1v) is 6.71. The van der Waals surface area contributed by atoms with Crippen LogP contribution in [0.5, 0.6) is 0 Å². The summed E-state index contributed by atoms with van der Waals surface area (Å²) in [4.78, 5) is 23.0. The standard InChI is InChI=1S/C15H17NO3/c17-13(15(6-7-15)14(18)19)16-12-8-11(9-12)10-4-2-1-3-5-10/h1-5,11-12H,6-9H2,(H,16,17)(H,18,19). The van der Waals surface area contributed by atoms with Crippen molar-refractivity contribution >= 4 is 11.9 Å². The second-order valence-electron chi connectivity index (χ2n) is 5.64. The van der Waals surface area contributed by atoms with E-state index in [1.807, 2.05) is 18.2 Å². The third kappa shape index (κ3) is 2.11. The van der Waals surface area contributed by atoms with Crippen molar-refractivity contribution in [2.45, 2.75) is 37.6 Å². The molecule has 0 aromatic heterocycles. The summed E-state index contributed by atoms with van der Waals surface area (Å²) in [7, 11) is 0. The molecule has 1 aromatic carbocycles. The van der Waals surface area contributed by atoms with Gasteiger partial charge in [0.15, 0.2) is 0 Å². The monoisotopic (exact) mass is 259 g/mol. The second kappa shape index (κ2) is 4.37. The van der Waals surface area contributed by atoms with Gasteiger partial charge in [0.05, 0.1) is 0 Å². The second-order valence-corrected chi connectivity index (χ2v) is 5.64. The summed E-state index contributed by atoms with van der Waals surface area (Å²) in [5, 5.41) is 11.9. The van der Waals surface area contributed by atoms with Gasteiger partial charge in [-0.05, 0) is 37.2 Å². The molecule has 4 heteroatoms. The maximum absolute atomic E-state index is 11.9. The van der Waals surface area contributed by atoms with Gasteiger partial charge in [0.1, 0.15) is 5.41 Å². The molecule has 2 aliphatic carbocycles. The number of carboxylic acids is 1. The zero-order valence-corrected chi connectivity index (χ0v) is 10.6. The SMILES string of the molecule is O=C(O)C1(C(=O)NC2CC(c3ccccc3)C2)CC1. The number of hydrogen-bond acceptors (Lipinski definition) is 2. The molecule has 1 aromatic rings. The van der Waals surface area contributed by atoms with Gasteiger partial charge in [-0.2, -0.15) is 0 Å². The number of rotatable bonds is 4. The third-order valence-electron chi connectivity index (χ3n) is 4.34. The Morgan fingerprint density at radius 1 is 1.16 bits per heavy atom. The smallest absolute Gasteiger partial charge is 0.319 e. The average molecular weight is 259 g/mol. The molecular formula is C15H17NO3. The van der Waals surface area contributed by atoms with Gasteiger partial charge >= 0.3 is 5.97 Å². The minimum absolute atomic E-state index is 0.134. The van der Waals surface area contributed by atoms with E-state index in [1.54, 1.807) is 0 Å². The lowest BCUT2D eigenvalue weighted by Gasteiger charge is -2.36. The van der Waals surface area contributed by atoms with Gasteiger partial charge in [-0.3, -0.25) is 9.59 Å². The van der Waals surface area contributed by atoms with Gasteiger partial charge in [-0.1, -0.05) is 30.3 Å². The summed E-state index contributed by atoms with van der Waals surface area (Å²) in [6.07, 6.45) is 2.77. The topological polar surface area (TPSA) is 66.4 Å². The highest BCUT2D eigenvalue weighted by molar-refractivity contribution is 6.04. The minimum atomic E-state index is -1.11. The zero-order valence-electron chi connectivity index (χ0n) is 10.6. The molecular weight excluding hydrogens is 242 g/mol. The van der Waals surface area contributed by atoms with Crippen LogP contribution in [0.4, 0.5) is 0 Å². The molecule has 4 nitrogen and oxygen atoms in total. The lowest BCUT2D eigenvalue weighted by molar-refractivity contribution is -0.149. The van der Waals surface area contributed by atoms with E-state index in [2.05, 4.69) is 17.4 Å². The Hall–Kier alpha value is -1.84. The lowest BCUT2D eigenvalue weighted by Crippen LogP contribution is -2.48. The van der Waals surface area contributed by atoms with Gasteiger partial charge in [-0.15, -0.1) is 0 Å². The first-order chi connectivity index (χ1) is 9.12. The van der Waals surface area contributed by atoms with Crippen LogP contribution in [-0.4, -0.2) is 23.0 Å². The Morgan fingerprint density at radius 2 is 1.79 bits per heavy atom. The molecule has 0 heterocycles. The number of carbonyl (C=O) groups excluding carboxylic acids is 1. The van der Waals surface area contributed by atoms with E-state index in [-0.39, 0.29) is 11.9 Å². The maximum Gasteiger partial charge on any atom is 0.319 e.